The van der Waals surface area contributed by atoms with E-state index < -0.39 is 0 Å². The summed E-state index contributed by atoms with van der Waals surface area (Å²) >= 11 is 1.94. The van der Waals surface area contributed by atoms with Crippen LogP contribution >= 0.6 is 11.8 Å². The van der Waals surface area contributed by atoms with Gasteiger partial charge in [0.05, 0.1) is 11.0 Å². The number of hydrogen-bond acceptors (Lipinski definition) is 3. The summed E-state index contributed by atoms with van der Waals surface area (Å²) < 4.78 is 2.24. The van der Waals surface area contributed by atoms with Crippen LogP contribution in [-0.2, 0) is 7.05 Å². The molecule has 3 nitrogen and oxygen atoms in total. The molecule has 1 fully saturated rings. The van der Waals surface area contributed by atoms with Crippen LogP contribution < -0.4 is 5.32 Å². The van der Waals surface area contributed by atoms with Crippen molar-refractivity contribution in [2.45, 2.75) is 37.1 Å². The second kappa shape index (κ2) is 5.17. The molecule has 0 unspecified atom stereocenters. The van der Waals surface area contributed by atoms with Crippen molar-refractivity contribution in [1.29, 1.82) is 0 Å². The van der Waals surface area contributed by atoms with Gasteiger partial charge in [0.1, 0.15) is 0 Å². The quantitative estimate of drug-likeness (QED) is 0.913. The molecule has 1 aromatic heterocycles. The van der Waals surface area contributed by atoms with Crippen molar-refractivity contribution in [2.24, 2.45) is 7.05 Å². The molecular weight excluding hydrogens is 254 g/mol. The highest BCUT2D eigenvalue weighted by atomic mass is 32.2. The van der Waals surface area contributed by atoms with Crippen LogP contribution in [0.2, 0.25) is 0 Å². The maximum atomic E-state index is 4.81. The molecule has 2 aromatic rings. The third-order valence-electron chi connectivity index (χ3n) is 4.01. The van der Waals surface area contributed by atoms with E-state index in [1.54, 1.807) is 0 Å². The van der Waals surface area contributed by atoms with E-state index in [1.165, 1.54) is 29.5 Å². The third-order valence-corrected chi connectivity index (χ3v) is 5.39. The second-order valence-corrected chi connectivity index (χ2v) is 6.71. The fourth-order valence-corrected chi connectivity index (χ4v) is 3.77. The summed E-state index contributed by atoms with van der Waals surface area (Å²) in [6, 6.07) is 4.46. The molecule has 0 saturated carbocycles. The fraction of sp³-hybridized carbons (Fsp3) is 0.533. The maximum absolute atomic E-state index is 4.81. The van der Waals surface area contributed by atoms with E-state index in [1.807, 2.05) is 11.8 Å². The van der Waals surface area contributed by atoms with Crippen molar-refractivity contribution in [2.75, 3.05) is 13.1 Å². The van der Waals surface area contributed by atoms with Gasteiger partial charge in [-0.25, -0.2) is 4.98 Å². The molecule has 102 valence electrons. The monoisotopic (exact) mass is 275 g/mol. The number of aromatic nitrogens is 2. The Bertz CT molecular complexity index is 597. The van der Waals surface area contributed by atoms with Crippen molar-refractivity contribution in [1.82, 2.24) is 14.9 Å². The minimum absolute atomic E-state index is 0.707. The molecule has 0 spiro atoms. The number of thioether (sulfide) groups is 1. The van der Waals surface area contributed by atoms with E-state index in [-0.39, 0.29) is 0 Å². The molecule has 4 heteroatoms. The smallest absolute Gasteiger partial charge is 0.169 e. The Morgan fingerprint density at radius 3 is 2.63 bits per heavy atom. The molecular formula is C15H21N3S. The lowest BCUT2D eigenvalue weighted by atomic mass is 10.1. The van der Waals surface area contributed by atoms with Gasteiger partial charge in [0.15, 0.2) is 5.16 Å². The van der Waals surface area contributed by atoms with Crippen molar-refractivity contribution in [3.63, 3.8) is 0 Å². The number of nitrogens with one attached hydrogen (secondary N) is 1. The van der Waals surface area contributed by atoms with Gasteiger partial charge in [-0.05, 0) is 63.0 Å². The minimum Gasteiger partial charge on any atom is -0.322 e. The minimum atomic E-state index is 0.707. The number of piperidine rings is 1. The third kappa shape index (κ3) is 2.51. The van der Waals surface area contributed by atoms with Crippen LogP contribution in [0.1, 0.15) is 24.0 Å². The van der Waals surface area contributed by atoms with Crippen molar-refractivity contribution >= 4 is 22.8 Å². The molecule has 3 rings (SSSR count). The number of imidazole rings is 1. The maximum Gasteiger partial charge on any atom is 0.169 e. The van der Waals surface area contributed by atoms with Crippen LogP contribution in [0.25, 0.3) is 11.0 Å². The largest absolute Gasteiger partial charge is 0.322 e. The summed E-state index contributed by atoms with van der Waals surface area (Å²) in [5, 5.41) is 5.28. The first kappa shape index (κ1) is 13.0. The van der Waals surface area contributed by atoms with Crippen LogP contribution in [0.5, 0.6) is 0 Å². The molecule has 2 heterocycles. The molecule has 1 N–H and O–H groups in total. The van der Waals surface area contributed by atoms with Crippen LogP contribution in [0.15, 0.2) is 17.3 Å². The van der Waals surface area contributed by atoms with Crippen molar-refractivity contribution in [3.05, 3.63) is 23.3 Å². The molecule has 0 atom stereocenters. The van der Waals surface area contributed by atoms with E-state index in [4.69, 9.17) is 4.98 Å². The van der Waals surface area contributed by atoms with Gasteiger partial charge in [-0.2, -0.15) is 0 Å². The number of hydrogen-bond donors (Lipinski definition) is 1. The molecule has 0 bridgehead atoms. The van der Waals surface area contributed by atoms with Crippen LogP contribution in [0.3, 0.4) is 0 Å². The first-order valence-electron chi connectivity index (χ1n) is 6.96. The van der Waals surface area contributed by atoms with Gasteiger partial charge in [0, 0.05) is 12.3 Å². The molecule has 1 aliphatic heterocycles. The Labute approximate surface area is 118 Å². The van der Waals surface area contributed by atoms with Crippen LogP contribution in [0, 0.1) is 13.8 Å². The molecule has 0 radical (unpaired) electrons. The summed E-state index contributed by atoms with van der Waals surface area (Å²) in [5.74, 6) is 0. The van der Waals surface area contributed by atoms with Gasteiger partial charge in [0.2, 0.25) is 0 Å². The molecule has 19 heavy (non-hydrogen) atoms. The van der Waals surface area contributed by atoms with Gasteiger partial charge >= 0.3 is 0 Å². The SMILES string of the molecule is Cc1cc2nc(SC3CCNCC3)n(C)c2cc1C. The highest BCUT2D eigenvalue weighted by Crippen LogP contribution is 2.31. The number of nitrogens with zero attached hydrogens (tertiary/aromatic N) is 2. The predicted molar refractivity (Wildman–Crippen MR) is 81.9 cm³/mol. The summed E-state index contributed by atoms with van der Waals surface area (Å²) in [5.41, 5.74) is 5.04. The van der Waals surface area contributed by atoms with E-state index in [0.29, 0.717) is 5.25 Å². The summed E-state index contributed by atoms with van der Waals surface area (Å²) in [6.07, 6.45) is 2.48. The van der Waals surface area contributed by atoms with Crippen LogP contribution in [-0.4, -0.2) is 27.9 Å². The number of aryl methyl sites for hydroxylation is 3. The Morgan fingerprint density at radius 2 is 1.89 bits per heavy atom. The fourth-order valence-electron chi connectivity index (χ4n) is 2.59. The Kier molecular flexibility index (Phi) is 3.54. The van der Waals surface area contributed by atoms with Crippen molar-refractivity contribution < 1.29 is 0 Å². The lowest BCUT2D eigenvalue weighted by molar-refractivity contribution is 0.530. The van der Waals surface area contributed by atoms with E-state index in [2.05, 4.69) is 42.9 Å². The molecule has 1 aliphatic rings. The molecule has 0 aliphatic carbocycles. The van der Waals surface area contributed by atoms with Gasteiger partial charge in [-0.15, -0.1) is 0 Å². The average Bonchev–Trinajstić information content (AvgIpc) is 2.69. The normalized spacial score (nSPS) is 17.2. The number of rotatable bonds is 2. The molecule has 1 aromatic carbocycles. The van der Waals surface area contributed by atoms with Gasteiger partial charge < -0.3 is 9.88 Å². The van der Waals surface area contributed by atoms with E-state index in [0.717, 1.165) is 23.8 Å². The van der Waals surface area contributed by atoms with Crippen molar-refractivity contribution in [3.8, 4) is 0 Å². The van der Waals surface area contributed by atoms with Gasteiger partial charge in [-0.3, -0.25) is 0 Å². The topological polar surface area (TPSA) is 29.9 Å². The lowest BCUT2D eigenvalue weighted by Gasteiger charge is -2.21. The highest BCUT2D eigenvalue weighted by molar-refractivity contribution is 7.99. The summed E-state index contributed by atoms with van der Waals surface area (Å²) in [4.78, 5) is 4.81. The predicted octanol–water partition coefficient (Wildman–Crippen LogP) is 3.03. The zero-order chi connectivity index (χ0) is 13.4. The highest BCUT2D eigenvalue weighted by Gasteiger charge is 2.18. The zero-order valence-corrected chi connectivity index (χ0v) is 12.7. The zero-order valence-electron chi connectivity index (χ0n) is 11.9. The summed E-state index contributed by atoms with van der Waals surface area (Å²) in [7, 11) is 2.13. The van der Waals surface area contributed by atoms with E-state index in [9.17, 15) is 0 Å². The Hall–Kier alpha value is -1.00. The summed E-state index contributed by atoms with van der Waals surface area (Å²) in [6.45, 7) is 6.60. The second-order valence-electron chi connectivity index (χ2n) is 5.45. The first-order chi connectivity index (χ1) is 9.15. The Morgan fingerprint density at radius 1 is 1.21 bits per heavy atom. The van der Waals surface area contributed by atoms with Gasteiger partial charge in [-0.1, -0.05) is 11.8 Å². The molecule has 1 saturated heterocycles. The first-order valence-corrected chi connectivity index (χ1v) is 7.84. The van der Waals surface area contributed by atoms with Crippen LogP contribution in [0.4, 0.5) is 0 Å². The Balaban J connectivity index is 1.93. The molecule has 0 amide bonds. The lowest BCUT2D eigenvalue weighted by Crippen LogP contribution is -2.29. The number of fused-ring (bicyclic) bond motifs is 1. The average molecular weight is 275 g/mol. The number of benzene rings is 1. The van der Waals surface area contributed by atoms with E-state index >= 15 is 0 Å². The van der Waals surface area contributed by atoms with Gasteiger partial charge in [0.25, 0.3) is 0 Å². The standard InChI is InChI=1S/C15H21N3S/c1-10-8-13-14(9-11(10)2)18(3)15(17-13)19-12-4-6-16-7-5-12/h8-9,12,16H,4-7H2,1-3H3.